The molecule has 0 fully saturated rings. The SMILES string of the molecule is Cc1cc(-c2cc(C)cc(-c3cc4nccnc4cc3O)n2)cc(-c2nncc3ccccc23)c1. The zero-order valence-electron chi connectivity index (χ0n) is 19.3. The second-order valence-electron chi connectivity index (χ2n) is 8.70. The van der Waals surface area contributed by atoms with Crippen molar-refractivity contribution in [1.29, 1.82) is 0 Å². The molecule has 6 nitrogen and oxygen atoms in total. The zero-order chi connectivity index (χ0) is 23.9. The van der Waals surface area contributed by atoms with Gasteiger partial charge in [-0.2, -0.15) is 5.10 Å². The van der Waals surface area contributed by atoms with Crippen molar-refractivity contribution >= 4 is 21.8 Å². The molecule has 35 heavy (non-hydrogen) atoms. The van der Waals surface area contributed by atoms with Crippen LogP contribution in [0.15, 0.2) is 85.3 Å². The molecule has 6 rings (SSSR count). The van der Waals surface area contributed by atoms with Gasteiger partial charge in [0.25, 0.3) is 0 Å². The first-order chi connectivity index (χ1) is 17.0. The van der Waals surface area contributed by atoms with Gasteiger partial charge in [0.15, 0.2) is 0 Å². The van der Waals surface area contributed by atoms with E-state index >= 15 is 0 Å². The lowest BCUT2D eigenvalue weighted by Crippen LogP contribution is -1.94. The second kappa shape index (κ2) is 8.25. The van der Waals surface area contributed by atoms with E-state index in [2.05, 4.69) is 57.4 Å². The molecule has 0 aliphatic carbocycles. The lowest BCUT2D eigenvalue weighted by Gasteiger charge is -2.12. The number of phenols is 1. The summed E-state index contributed by atoms with van der Waals surface area (Å²) < 4.78 is 0. The maximum absolute atomic E-state index is 10.7. The van der Waals surface area contributed by atoms with Crippen LogP contribution in [0.1, 0.15) is 11.1 Å². The van der Waals surface area contributed by atoms with E-state index in [1.807, 2.05) is 37.3 Å². The Morgan fingerprint density at radius 2 is 1.43 bits per heavy atom. The largest absolute Gasteiger partial charge is 0.507 e. The van der Waals surface area contributed by atoms with Crippen LogP contribution in [0.5, 0.6) is 5.75 Å². The summed E-state index contributed by atoms with van der Waals surface area (Å²) in [5, 5.41) is 21.5. The van der Waals surface area contributed by atoms with Gasteiger partial charge in [-0.05, 0) is 61.4 Å². The van der Waals surface area contributed by atoms with Gasteiger partial charge in [-0.15, -0.1) is 5.10 Å². The van der Waals surface area contributed by atoms with Crippen LogP contribution in [0.4, 0.5) is 0 Å². The van der Waals surface area contributed by atoms with E-state index in [-0.39, 0.29) is 5.75 Å². The zero-order valence-corrected chi connectivity index (χ0v) is 19.3. The van der Waals surface area contributed by atoms with Crippen LogP contribution in [0.2, 0.25) is 0 Å². The summed E-state index contributed by atoms with van der Waals surface area (Å²) in [6, 6.07) is 21.9. The third-order valence-electron chi connectivity index (χ3n) is 6.05. The standard InChI is InChI=1S/C29H21N5O/c1-17-9-20(13-21(10-17)29-22-6-4-3-5-19(22)16-32-34-29)24-11-18(2)12-25(33-24)23-14-26-27(15-28(23)35)31-8-7-30-26/h3-16,35H,1-2H3. The number of pyridine rings is 1. The van der Waals surface area contributed by atoms with Gasteiger partial charge in [-0.1, -0.05) is 24.3 Å². The highest BCUT2D eigenvalue weighted by Crippen LogP contribution is 2.35. The molecule has 0 atom stereocenters. The smallest absolute Gasteiger partial charge is 0.127 e. The monoisotopic (exact) mass is 455 g/mol. The third-order valence-corrected chi connectivity index (χ3v) is 6.05. The highest BCUT2D eigenvalue weighted by molar-refractivity contribution is 5.94. The lowest BCUT2D eigenvalue weighted by molar-refractivity contribution is 0.478. The number of phenolic OH excluding ortho intramolecular Hbond substituents is 1. The van der Waals surface area contributed by atoms with Gasteiger partial charge in [-0.25, -0.2) is 4.98 Å². The average Bonchev–Trinajstić information content (AvgIpc) is 2.87. The van der Waals surface area contributed by atoms with Crippen LogP contribution in [0, 0.1) is 13.8 Å². The van der Waals surface area contributed by atoms with Gasteiger partial charge in [-0.3, -0.25) is 9.97 Å². The predicted octanol–water partition coefficient (Wildman–Crippen LogP) is 6.29. The van der Waals surface area contributed by atoms with Crippen molar-refractivity contribution in [3.05, 3.63) is 96.4 Å². The van der Waals surface area contributed by atoms with Crippen LogP contribution in [0.3, 0.4) is 0 Å². The second-order valence-corrected chi connectivity index (χ2v) is 8.70. The van der Waals surface area contributed by atoms with Crippen LogP contribution >= 0.6 is 0 Å². The molecule has 0 radical (unpaired) electrons. The minimum atomic E-state index is 0.123. The van der Waals surface area contributed by atoms with Gasteiger partial charge in [0.1, 0.15) is 11.4 Å². The fraction of sp³-hybridized carbons (Fsp3) is 0.0690. The quantitative estimate of drug-likeness (QED) is 0.337. The molecule has 0 spiro atoms. The molecular formula is C29H21N5O. The molecule has 3 aromatic carbocycles. The Balaban J connectivity index is 1.51. The van der Waals surface area contributed by atoms with E-state index in [1.165, 1.54) is 0 Å². The highest BCUT2D eigenvalue weighted by Gasteiger charge is 2.14. The van der Waals surface area contributed by atoms with Crippen molar-refractivity contribution in [1.82, 2.24) is 25.1 Å². The Bertz CT molecular complexity index is 1740. The predicted molar refractivity (Wildman–Crippen MR) is 138 cm³/mol. The molecule has 3 heterocycles. The maximum atomic E-state index is 10.7. The molecular weight excluding hydrogens is 434 g/mol. The first-order valence-electron chi connectivity index (χ1n) is 11.3. The molecule has 0 saturated heterocycles. The number of hydrogen-bond acceptors (Lipinski definition) is 6. The summed E-state index contributed by atoms with van der Waals surface area (Å²) in [4.78, 5) is 13.6. The van der Waals surface area contributed by atoms with Crippen molar-refractivity contribution in [3.8, 4) is 39.5 Å². The first kappa shape index (κ1) is 20.9. The fourth-order valence-corrected chi connectivity index (χ4v) is 4.47. The van der Waals surface area contributed by atoms with Crippen molar-refractivity contribution in [2.75, 3.05) is 0 Å². The Hall–Kier alpha value is -4.71. The van der Waals surface area contributed by atoms with Crippen LogP contribution < -0.4 is 0 Å². The summed E-state index contributed by atoms with van der Waals surface area (Å²) in [7, 11) is 0. The van der Waals surface area contributed by atoms with Crippen molar-refractivity contribution < 1.29 is 5.11 Å². The van der Waals surface area contributed by atoms with Gasteiger partial charge in [0, 0.05) is 45.9 Å². The first-order valence-corrected chi connectivity index (χ1v) is 11.3. The summed E-state index contributed by atoms with van der Waals surface area (Å²) in [5.41, 5.74) is 8.39. The number of fused-ring (bicyclic) bond motifs is 2. The molecule has 168 valence electrons. The molecule has 6 aromatic rings. The summed E-state index contributed by atoms with van der Waals surface area (Å²) in [5.74, 6) is 0.123. The van der Waals surface area contributed by atoms with Gasteiger partial charge < -0.3 is 5.11 Å². The number of hydrogen-bond donors (Lipinski definition) is 1. The minimum absolute atomic E-state index is 0.123. The summed E-state index contributed by atoms with van der Waals surface area (Å²) >= 11 is 0. The van der Waals surface area contributed by atoms with E-state index < -0.39 is 0 Å². The maximum Gasteiger partial charge on any atom is 0.127 e. The fourth-order valence-electron chi connectivity index (χ4n) is 4.47. The number of aromatic nitrogens is 5. The molecule has 3 aromatic heterocycles. The molecule has 0 bridgehead atoms. The Morgan fingerprint density at radius 1 is 0.714 bits per heavy atom. The molecule has 0 saturated carbocycles. The number of nitrogens with zero attached hydrogens (tertiary/aromatic N) is 5. The molecule has 6 heteroatoms. The molecule has 0 aliphatic rings. The highest BCUT2D eigenvalue weighted by atomic mass is 16.3. The molecule has 0 amide bonds. The summed E-state index contributed by atoms with van der Waals surface area (Å²) in [6.45, 7) is 4.09. The van der Waals surface area contributed by atoms with Crippen LogP contribution in [0.25, 0.3) is 55.6 Å². The third kappa shape index (κ3) is 3.85. The normalized spacial score (nSPS) is 11.3. The number of aromatic hydroxyl groups is 1. The van der Waals surface area contributed by atoms with E-state index in [0.717, 1.165) is 44.4 Å². The topological polar surface area (TPSA) is 84.7 Å². The summed E-state index contributed by atoms with van der Waals surface area (Å²) in [6.07, 6.45) is 5.03. The Morgan fingerprint density at radius 3 is 2.29 bits per heavy atom. The number of rotatable bonds is 3. The lowest BCUT2D eigenvalue weighted by atomic mass is 9.98. The van der Waals surface area contributed by atoms with E-state index in [9.17, 15) is 5.11 Å². The number of benzene rings is 3. The minimum Gasteiger partial charge on any atom is -0.507 e. The molecule has 0 aliphatic heterocycles. The Kier molecular flexibility index (Phi) is 4.92. The van der Waals surface area contributed by atoms with Gasteiger partial charge in [0.2, 0.25) is 0 Å². The average molecular weight is 456 g/mol. The van der Waals surface area contributed by atoms with Crippen LogP contribution in [-0.4, -0.2) is 30.3 Å². The Labute approximate surface area is 202 Å². The van der Waals surface area contributed by atoms with Crippen molar-refractivity contribution in [3.63, 3.8) is 0 Å². The van der Waals surface area contributed by atoms with E-state index in [0.29, 0.717) is 22.3 Å². The van der Waals surface area contributed by atoms with Gasteiger partial charge in [0.05, 0.1) is 28.6 Å². The van der Waals surface area contributed by atoms with E-state index in [4.69, 9.17) is 4.98 Å². The van der Waals surface area contributed by atoms with Gasteiger partial charge >= 0.3 is 0 Å². The number of aryl methyl sites for hydroxylation is 2. The van der Waals surface area contributed by atoms with Crippen molar-refractivity contribution in [2.24, 2.45) is 0 Å². The van der Waals surface area contributed by atoms with Crippen molar-refractivity contribution in [2.45, 2.75) is 13.8 Å². The molecule has 0 unspecified atom stereocenters. The van der Waals surface area contributed by atoms with E-state index in [1.54, 1.807) is 24.7 Å². The molecule has 1 N–H and O–H groups in total. The van der Waals surface area contributed by atoms with Crippen LogP contribution in [-0.2, 0) is 0 Å².